The van der Waals surface area contributed by atoms with Crippen LogP contribution in [-0.4, -0.2) is 20.8 Å². The molecule has 1 aromatic rings. The summed E-state index contributed by atoms with van der Waals surface area (Å²) in [7, 11) is 3.40. The molecule has 0 radical (unpaired) electrons. The fraction of sp³-hybridized carbons (Fsp3) is 0.571. The number of hydrogen-bond acceptors (Lipinski definition) is 3. The number of methoxy groups -OCH3 is 2. The fourth-order valence-corrected chi connectivity index (χ4v) is 2.34. The number of rotatable bonds is 3. The average Bonchev–Trinajstić information content (AvgIpc) is 2.36. The van der Waals surface area contributed by atoms with Crippen molar-refractivity contribution in [1.82, 2.24) is 0 Å². The molecule has 0 saturated carbocycles. The Morgan fingerprint density at radius 2 is 2.00 bits per heavy atom. The fourth-order valence-electron chi connectivity index (χ4n) is 2.34. The average molecular weight is 235 g/mol. The van der Waals surface area contributed by atoms with E-state index in [9.17, 15) is 0 Å². The highest BCUT2D eigenvalue weighted by atomic mass is 16.5. The van der Waals surface area contributed by atoms with E-state index in [-0.39, 0.29) is 0 Å². The third-order valence-corrected chi connectivity index (χ3v) is 3.60. The second kappa shape index (κ2) is 4.86. The van der Waals surface area contributed by atoms with E-state index in [2.05, 4.69) is 25.2 Å². The monoisotopic (exact) mass is 235 g/mol. The summed E-state index contributed by atoms with van der Waals surface area (Å²) >= 11 is 0. The normalized spacial score (nSPS) is 18.5. The van der Waals surface area contributed by atoms with Crippen molar-refractivity contribution in [2.45, 2.75) is 20.3 Å². The van der Waals surface area contributed by atoms with E-state index in [1.807, 2.05) is 6.07 Å². The quantitative estimate of drug-likeness (QED) is 0.873. The Labute approximate surface area is 103 Å². The Balaban J connectivity index is 2.36. The molecule has 94 valence electrons. The zero-order valence-electron chi connectivity index (χ0n) is 11.0. The van der Waals surface area contributed by atoms with Gasteiger partial charge in [0.25, 0.3) is 0 Å². The predicted octanol–water partition coefficient (Wildman–Crippen LogP) is 2.94. The highest BCUT2D eigenvalue weighted by molar-refractivity contribution is 5.63. The van der Waals surface area contributed by atoms with Crippen LogP contribution in [0.15, 0.2) is 12.1 Å². The molecule has 17 heavy (non-hydrogen) atoms. The van der Waals surface area contributed by atoms with Gasteiger partial charge in [-0.15, -0.1) is 0 Å². The molecule has 0 aromatic heterocycles. The molecule has 0 amide bonds. The van der Waals surface area contributed by atoms with E-state index in [0.717, 1.165) is 30.2 Å². The number of ether oxygens (including phenoxy) is 2. The Morgan fingerprint density at radius 3 is 2.59 bits per heavy atom. The standard InChI is InChI=1S/C14H21NO2/c1-9(2)10-5-12-13(15-8-10)6-11(16-3)7-14(12)17-4/h6-7,9-10,15H,5,8H2,1-4H3. The van der Waals surface area contributed by atoms with Crippen molar-refractivity contribution in [2.75, 3.05) is 26.1 Å². The molecule has 0 saturated heterocycles. The Bertz CT molecular complexity index is 384. The van der Waals surface area contributed by atoms with Gasteiger partial charge in [-0.25, -0.2) is 0 Å². The third kappa shape index (κ3) is 2.33. The number of anilines is 1. The maximum Gasteiger partial charge on any atom is 0.127 e. The van der Waals surface area contributed by atoms with Crippen molar-refractivity contribution in [3.8, 4) is 11.5 Å². The zero-order valence-corrected chi connectivity index (χ0v) is 11.0. The molecule has 1 aromatic carbocycles. The minimum atomic E-state index is 0.671. The number of nitrogens with one attached hydrogen (secondary N) is 1. The Morgan fingerprint density at radius 1 is 1.24 bits per heavy atom. The van der Waals surface area contributed by atoms with Crippen LogP contribution >= 0.6 is 0 Å². The van der Waals surface area contributed by atoms with Gasteiger partial charge in [-0.05, 0) is 18.3 Å². The summed E-state index contributed by atoms with van der Waals surface area (Å²) in [6.45, 7) is 5.57. The van der Waals surface area contributed by atoms with Crippen LogP contribution in [0.1, 0.15) is 19.4 Å². The summed E-state index contributed by atoms with van der Waals surface area (Å²) in [5, 5.41) is 3.48. The predicted molar refractivity (Wildman–Crippen MR) is 70.1 cm³/mol. The van der Waals surface area contributed by atoms with Gasteiger partial charge in [-0.1, -0.05) is 13.8 Å². The van der Waals surface area contributed by atoms with E-state index < -0.39 is 0 Å². The summed E-state index contributed by atoms with van der Waals surface area (Å²) in [5.41, 5.74) is 2.43. The molecule has 0 bridgehead atoms. The van der Waals surface area contributed by atoms with E-state index >= 15 is 0 Å². The molecule has 2 rings (SSSR count). The summed E-state index contributed by atoms with van der Waals surface area (Å²) in [6, 6.07) is 4.01. The minimum Gasteiger partial charge on any atom is -0.497 e. The van der Waals surface area contributed by atoms with Crippen LogP contribution in [0.2, 0.25) is 0 Å². The van der Waals surface area contributed by atoms with Crippen LogP contribution in [0.3, 0.4) is 0 Å². The van der Waals surface area contributed by atoms with Gasteiger partial charge in [0.1, 0.15) is 11.5 Å². The Kier molecular flexibility index (Phi) is 3.46. The second-order valence-electron chi connectivity index (χ2n) is 4.94. The minimum absolute atomic E-state index is 0.671. The van der Waals surface area contributed by atoms with Crippen LogP contribution in [0.4, 0.5) is 5.69 Å². The van der Waals surface area contributed by atoms with Crippen LogP contribution in [0.25, 0.3) is 0 Å². The summed E-state index contributed by atoms with van der Waals surface area (Å²) in [5.74, 6) is 3.13. The van der Waals surface area contributed by atoms with Gasteiger partial charge in [0.15, 0.2) is 0 Å². The summed E-state index contributed by atoms with van der Waals surface area (Å²) in [4.78, 5) is 0. The molecule has 3 nitrogen and oxygen atoms in total. The van der Waals surface area contributed by atoms with Gasteiger partial charge in [0.2, 0.25) is 0 Å². The molecule has 0 spiro atoms. The van der Waals surface area contributed by atoms with Crippen LogP contribution < -0.4 is 14.8 Å². The lowest BCUT2D eigenvalue weighted by Gasteiger charge is -2.30. The van der Waals surface area contributed by atoms with Gasteiger partial charge < -0.3 is 14.8 Å². The first-order chi connectivity index (χ1) is 8.15. The van der Waals surface area contributed by atoms with Gasteiger partial charge in [-0.2, -0.15) is 0 Å². The van der Waals surface area contributed by atoms with Crippen LogP contribution in [-0.2, 0) is 6.42 Å². The molecular weight excluding hydrogens is 214 g/mol. The molecule has 1 aliphatic rings. The van der Waals surface area contributed by atoms with Crippen molar-refractivity contribution in [3.63, 3.8) is 0 Å². The maximum atomic E-state index is 5.46. The SMILES string of the molecule is COc1cc2c(c(OC)c1)CC(C(C)C)CN2. The second-order valence-corrected chi connectivity index (χ2v) is 4.94. The molecule has 1 unspecified atom stereocenters. The van der Waals surface area contributed by atoms with Crippen LogP contribution in [0, 0.1) is 11.8 Å². The molecule has 0 aliphatic carbocycles. The van der Waals surface area contributed by atoms with Gasteiger partial charge in [0.05, 0.1) is 14.2 Å². The smallest absolute Gasteiger partial charge is 0.127 e. The van der Waals surface area contributed by atoms with E-state index in [0.29, 0.717) is 11.8 Å². The highest BCUT2D eigenvalue weighted by Crippen LogP contribution is 2.38. The number of hydrogen-bond donors (Lipinski definition) is 1. The van der Waals surface area contributed by atoms with E-state index in [1.54, 1.807) is 14.2 Å². The lowest BCUT2D eigenvalue weighted by Crippen LogP contribution is -2.27. The highest BCUT2D eigenvalue weighted by Gasteiger charge is 2.24. The molecule has 0 fully saturated rings. The summed E-state index contributed by atoms with van der Waals surface area (Å²) < 4.78 is 10.7. The van der Waals surface area contributed by atoms with E-state index in [1.165, 1.54) is 5.56 Å². The molecule has 3 heteroatoms. The summed E-state index contributed by atoms with van der Waals surface area (Å²) in [6.07, 6.45) is 1.08. The van der Waals surface area contributed by atoms with Crippen molar-refractivity contribution < 1.29 is 9.47 Å². The zero-order chi connectivity index (χ0) is 12.4. The first kappa shape index (κ1) is 12.1. The number of fused-ring (bicyclic) bond motifs is 1. The first-order valence-corrected chi connectivity index (χ1v) is 6.14. The maximum absolute atomic E-state index is 5.46. The first-order valence-electron chi connectivity index (χ1n) is 6.14. The largest absolute Gasteiger partial charge is 0.497 e. The van der Waals surface area contributed by atoms with Gasteiger partial charge >= 0.3 is 0 Å². The van der Waals surface area contributed by atoms with Crippen molar-refractivity contribution >= 4 is 5.69 Å². The molecule has 1 N–H and O–H groups in total. The molecule has 1 atom stereocenters. The topological polar surface area (TPSA) is 30.5 Å². The molecule has 1 heterocycles. The molecular formula is C14H21NO2. The number of benzene rings is 1. The lowest BCUT2D eigenvalue weighted by molar-refractivity contribution is 0.365. The lowest BCUT2D eigenvalue weighted by atomic mass is 9.85. The molecule has 1 aliphatic heterocycles. The van der Waals surface area contributed by atoms with Crippen molar-refractivity contribution in [2.24, 2.45) is 11.8 Å². The van der Waals surface area contributed by atoms with E-state index in [4.69, 9.17) is 9.47 Å². The third-order valence-electron chi connectivity index (χ3n) is 3.60. The van der Waals surface area contributed by atoms with Crippen molar-refractivity contribution in [1.29, 1.82) is 0 Å². The Hall–Kier alpha value is -1.38. The van der Waals surface area contributed by atoms with Gasteiger partial charge in [0, 0.05) is 29.9 Å². The van der Waals surface area contributed by atoms with Gasteiger partial charge in [-0.3, -0.25) is 0 Å². The van der Waals surface area contributed by atoms with Crippen LogP contribution in [0.5, 0.6) is 11.5 Å². The van der Waals surface area contributed by atoms with Crippen molar-refractivity contribution in [3.05, 3.63) is 17.7 Å².